The summed E-state index contributed by atoms with van der Waals surface area (Å²) in [6.07, 6.45) is 11.8. The maximum Gasteiger partial charge on any atom is 0.00932 e. The summed E-state index contributed by atoms with van der Waals surface area (Å²) >= 11 is 0. The topological polar surface area (TPSA) is 3.24 Å². The van der Waals surface area contributed by atoms with Gasteiger partial charge in [0.05, 0.1) is 0 Å². The van der Waals surface area contributed by atoms with Crippen LogP contribution in [0, 0.1) is 5.92 Å². The van der Waals surface area contributed by atoms with E-state index in [1.165, 1.54) is 64.5 Å². The van der Waals surface area contributed by atoms with Crippen LogP contribution in [0.5, 0.6) is 0 Å². The Hall–Kier alpha value is -0.0400. The van der Waals surface area contributed by atoms with E-state index < -0.39 is 0 Å². The van der Waals surface area contributed by atoms with E-state index in [1.54, 1.807) is 0 Å². The summed E-state index contributed by atoms with van der Waals surface area (Å²) in [5.41, 5.74) is 0. The normalized spacial score (nSPS) is 31.1. The Labute approximate surface area is 88.9 Å². The van der Waals surface area contributed by atoms with Crippen LogP contribution in [0.2, 0.25) is 0 Å². The molecule has 2 fully saturated rings. The first kappa shape index (κ1) is 10.5. The molecular weight excluding hydrogens is 170 g/mol. The molecule has 1 saturated carbocycles. The average molecular weight is 195 g/mol. The van der Waals surface area contributed by atoms with Crippen LogP contribution < -0.4 is 0 Å². The zero-order valence-electron chi connectivity index (χ0n) is 9.67. The van der Waals surface area contributed by atoms with Crippen LogP contribution in [0.1, 0.15) is 58.3 Å². The molecule has 1 aliphatic heterocycles. The van der Waals surface area contributed by atoms with Crippen LogP contribution in [-0.2, 0) is 0 Å². The highest BCUT2D eigenvalue weighted by Gasteiger charge is 2.25. The van der Waals surface area contributed by atoms with Crippen LogP contribution >= 0.6 is 0 Å². The first-order valence-corrected chi connectivity index (χ1v) is 6.64. The van der Waals surface area contributed by atoms with Gasteiger partial charge in [0.15, 0.2) is 0 Å². The summed E-state index contributed by atoms with van der Waals surface area (Å²) in [6.45, 7) is 5.15. The molecule has 1 heterocycles. The molecular formula is C13H25N. The molecule has 1 unspecified atom stereocenters. The summed E-state index contributed by atoms with van der Waals surface area (Å²) in [7, 11) is 0. The van der Waals surface area contributed by atoms with Crippen molar-refractivity contribution in [3.05, 3.63) is 0 Å². The molecule has 0 radical (unpaired) electrons. The van der Waals surface area contributed by atoms with Crippen LogP contribution in [0.3, 0.4) is 0 Å². The summed E-state index contributed by atoms with van der Waals surface area (Å²) in [4.78, 5) is 2.77. The van der Waals surface area contributed by atoms with Crippen molar-refractivity contribution < 1.29 is 0 Å². The third-order valence-corrected chi connectivity index (χ3v) is 4.19. The van der Waals surface area contributed by atoms with Crippen molar-refractivity contribution in [2.45, 2.75) is 64.3 Å². The first-order valence-electron chi connectivity index (χ1n) is 6.64. The molecule has 14 heavy (non-hydrogen) atoms. The van der Waals surface area contributed by atoms with Crippen molar-refractivity contribution in [2.24, 2.45) is 5.92 Å². The standard InChI is InChI=1S/C13H25N/c1-2-13-9-6-10-14(13)11-12-7-4-3-5-8-12/h12-13H,2-11H2,1H3. The van der Waals surface area contributed by atoms with Crippen LogP contribution in [0.4, 0.5) is 0 Å². The molecule has 0 spiro atoms. The Kier molecular flexibility index (Phi) is 3.86. The lowest BCUT2D eigenvalue weighted by atomic mass is 9.89. The molecule has 82 valence electrons. The van der Waals surface area contributed by atoms with E-state index in [9.17, 15) is 0 Å². The zero-order valence-corrected chi connectivity index (χ0v) is 9.67. The lowest BCUT2D eigenvalue weighted by molar-refractivity contribution is 0.184. The minimum atomic E-state index is 0.928. The lowest BCUT2D eigenvalue weighted by Crippen LogP contribution is -2.34. The second-order valence-electron chi connectivity index (χ2n) is 5.20. The smallest absolute Gasteiger partial charge is 0.00932 e. The molecule has 0 amide bonds. The van der Waals surface area contributed by atoms with Gasteiger partial charge in [0.1, 0.15) is 0 Å². The molecule has 1 aliphatic carbocycles. The third kappa shape index (κ3) is 2.50. The maximum absolute atomic E-state index is 2.77. The number of hydrogen-bond donors (Lipinski definition) is 0. The second kappa shape index (κ2) is 5.16. The highest BCUT2D eigenvalue weighted by Crippen LogP contribution is 2.28. The molecule has 0 aromatic heterocycles. The Bertz CT molecular complexity index is 161. The van der Waals surface area contributed by atoms with E-state index in [-0.39, 0.29) is 0 Å². The maximum atomic E-state index is 2.77. The fourth-order valence-corrected chi connectivity index (χ4v) is 3.30. The molecule has 1 saturated heterocycles. The predicted molar refractivity (Wildman–Crippen MR) is 61.5 cm³/mol. The van der Waals surface area contributed by atoms with Gasteiger partial charge in [-0.05, 0) is 44.6 Å². The summed E-state index contributed by atoms with van der Waals surface area (Å²) < 4.78 is 0. The molecule has 2 rings (SSSR count). The third-order valence-electron chi connectivity index (χ3n) is 4.19. The van der Waals surface area contributed by atoms with E-state index in [0.29, 0.717) is 0 Å². The molecule has 1 atom stereocenters. The van der Waals surface area contributed by atoms with Gasteiger partial charge in [0.2, 0.25) is 0 Å². The summed E-state index contributed by atoms with van der Waals surface area (Å²) in [5, 5.41) is 0. The number of nitrogens with zero attached hydrogens (tertiary/aromatic N) is 1. The fourth-order valence-electron chi connectivity index (χ4n) is 3.30. The zero-order chi connectivity index (χ0) is 9.80. The fraction of sp³-hybridized carbons (Fsp3) is 1.00. The van der Waals surface area contributed by atoms with E-state index in [1.807, 2.05) is 0 Å². The van der Waals surface area contributed by atoms with Crippen molar-refractivity contribution in [3.63, 3.8) is 0 Å². The Morgan fingerprint density at radius 3 is 2.50 bits per heavy atom. The molecule has 1 heteroatoms. The van der Waals surface area contributed by atoms with E-state index in [4.69, 9.17) is 0 Å². The SMILES string of the molecule is CCC1CCCN1CC1CCCCC1. The van der Waals surface area contributed by atoms with Gasteiger partial charge in [-0.25, -0.2) is 0 Å². The van der Waals surface area contributed by atoms with Gasteiger partial charge in [-0.2, -0.15) is 0 Å². The minimum absolute atomic E-state index is 0.928. The molecule has 0 aromatic carbocycles. The Morgan fingerprint density at radius 1 is 1.00 bits per heavy atom. The van der Waals surface area contributed by atoms with Crippen molar-refractivity contribution in [1.82, 2.24) is 4.90 Å². The lowest BCUT2D eigenvalue weighted by Gasteiger charge is -2.30. The van der Waals surface area contributed by atoms with Gasteiger partial charge in [-0.1, -0.05) is 26.2 Å². The highest BCUT2D eigenvalue weighted by molar-refractivity contribution is 4.80. The Morgan fingerprint density at radius 2 is 1.79 bits per heavy atom. The summed E-state index contributed by atoms with van der Waals surface area (Å²) in [6, 6.07) is 0.928. The average Bonchev–Trinajstić information content (AvgIpc) is 2.67. The van der Waals surface area contributed by atoms with Gasteiger partial charge in [-0.3, -0.25) is 0 Å². The predicted octanol–water partition coefficient (Wildman–Crippen LogP) is 3.44. The molecule has 2 aliphatic rings. The van der Waals surface area contributed by atoms with Crippen molar-refractivity contribution in [1.29, 1.82) is 0 Å². The second-order valence-corrected chi connectivity index (χ2v) is 5.20. The number of rotatable bonds is 3. The van der Waals surface area contributed by atoms with Gasteiger partial charge < -0.3 is 4.90 Å². The molecule has 0 bridgehead atoms. The first-order chi connectivity index (χ1) is 6.90. The van der Waals surface area contributed by atoms with Crippen molar-refractivity contribution >= 4 is 0 Å². The highest BCUT2D eigenvalue weighted by atomic mass is 15.2. The quantitative estimate of drug-likeness (QED) is 0.667. The molecule has 0 aromatic rings. The van der Waals surface area contributed by atoms with E-state index >= 15 is 0 Å². The number of hydrogen-bond acceptors (Lipinski definition) is 1. The van der Waals surface area contributed by atoms with Crippen LogP contribution in [-0.4, -0.2) is 24.0 Å². The largest absolute Gasteiger partial charge is 0.300 e. The van der Waals surface area contributed by atoms with Crippen molar-refractivity contribution in [3.8, 4) is 0 Å². The van der Waals surface area contributed by atoms with E-state index in [2.05, 4.69) is 11.8 Å². The van der Waals surface area contributed by atoms with Crippen LogP contribution in [0.15, 0.2) is 0 Å². The monoisotopic (exact) mass is 195 g/mol. The Balaban J connectivity index is 1.77. The van der Waals surface area contributed by atoms with Gasteiger partial charge in [-0.15, -0.1) is 0 Å². The minimum Gasteiger partial charge on any atom is -0.300 e. The van der Waals surface area contributed by atoms with Crippen LogP contribution in [0.25, 0.3) is 0 Å². The van der Waals surface area contributed by atoms with Gasteiger partial charge >= 0.3 is 0 Å². The number of likely N-dealkylation sites (tertiary alicyclic amines) is 1. The van der Waals surface area contributed by atoms with Crippen molar-refractivity contribution in [2.75, 3.05) is 13.1 Å². The molecule has 0 N–H and O–H groups in total. The van der Waals surface area contributed by atoms with E-state index in [0.717, 1.165) is 12.0 Å². The van der Waals surface area contributed by atoms with Gasteiger partial charge in [0, 0.05) is 12.6 Å². The molecule has 1 nitrogen and oxygen atoms in total. The summed E-state index contributed by atoms with van der Waals surface area (Å²) in [5.74, 6) is 1.04. The van der Waals surface area contributed by atoms with Gasteiger partial charge in [0.25, 0.3) is 0 Å².